The number of nitrogens with one attached hydrogen (secondary N) is 1. The van der Waals surface area contributed by atoms with Crippen molar-refractivity contribution in [3.8, 4) is 6.07 Å². The van der Waals surface area contributed by atoms with Crippen LogP contribution in [0.3, 0.4) is 0 Å². The number of hydrogen-bond donors (Lipinski definition) is 1. The number of pyridine rings is 1. The minimum Gasteiger partial charge on any atom is -0.313 e. The van der Waals surface area contributed by atoms with Gasteiger partial charge in [0.15, 0.2) is 5.69 Å². The van der Waals surface area contributed by atoms with Crippen molar-refractivity contribution in [1.29, 1.82) is 5.26 Å². The van der Waals surface area contributed by atoms with Crippen LogP contribution < -0.4 is 5.32 Å². The van der Waals surface area contributed by atoms with E-state index in [4.69, 9.17) is 5.26 Å². The quantitative estimate of drug-likeness (QED) is 0.787. The predicted molar refractivity (Wildman–Crippen MR) is 60.6 cm³/mol. The maximum Gasteiger partial charge on any atom is 0.246 e. The number of likely N-dealkylation sites (N-methyl/N-ethyl adjacent to an activating group) is 1. The lowest BCUT2D eigenvalue weighted by molar-refractivity contribution is 0.274. The minimum atomic E-state index is -3.63. The molecule has 6 nitrogen and oxygen atoms in total. The Morgan fingerprint density at radius 2 is 2.29 bits per heavy atom. The molecular formula is C10H12N4O2S. The van der Waals surface area contributed by atoms with Gasteiger partial charge < -0.3 is 5.32 Å². The average molecular weight is 252 g/mol. The Morgan fingerprint density at radius 3 is 2.82 bits per heavy atom. The summed E-state index contributed by atoms with van der Waals surface area (Å²) in [7, 11) is -2.11. The molecule has 0 bridgehead atoms. The van der Waals surface area contributed by atoms with Crippen LogP contribution in [0.4, 0.5) is 0 Å². The lowest BCUT2D eigenvalue weighted by Gasteiger charge is -2.34. The Kier molecular flexibility index (Phi) is 3.11. The number of nitriles is 1. The van der Waals surface area contributed by atoms with Crippen molar-refractivity contribution < 1.29 is 8.42 Å². The smallest absolute Gasteiger partial charge is 0.246 e. The van der Waals surface area contributed by atoms with Crippen LogP contribution in [0.5, 0.6) is 0 Å². The van der Waals surface area contributed by atoms with Gasteiger partial charge in [-0.3, -0.25) is 0 Å². The third kappa shape index (κ3) is 2.02. The summed E-state index contributed by atoms with van der Waals surface area (Å²) in [6.07, 6.45) is 1.41. The first-order valence-electron chi connectivity index (χ1n) is 5.11. The van der Waals surface area contributed by atoms with E-state index in [1.54, 1.807) is 6.07 Å². The van der Waals surface area contributed by atoms with Gasteiger partial charge in [0.1, 0.15) is 11.0 Å². The Balaban J connectivity index is 2.41. The summed E-state index contributed by atoms with van der Waals surface area (Å²) in [6.45, 7) is 1.27. The molecule has 1 aliphatic heterocycles. The van der Waals surface area contributed by atoms with E-state index in [0.29, 0.717) is 13.1 Å². The van der Waals surface area contributed by atoms with Crippen molar-refractivity contribution in [1.82, 2.24) is 14.6 Å². The van der Waals surface area contributed by atoms with E-state index in [9.17, 15) is 8.42 Å². The summed E-state index contributed by atoms with van der Waals surface area (Å²) in [5.41, 5.74) is -0.0633. The number of rotatable bonds is 3. The highest BCUT2D eigenvalue weighted by atomic mass is 32.2. The van der Waals surface area contributed by atoms with Crippen LogP contribution in [0.2, 0.25) is 0 Å². The monoisotopic (exact) mass is 252 g/mol. The zero-order chi connectivity index (χ0) is 12.5. The zero-order valence-corrected chi connectivity index (χ0v) is 10.1. The highest BCUT2D eigenvalue weighted by molar-refractivity contribution is 7.89. The van der Waals surface area contributed by atoms with E-state index in [-0.39, 0.29) is 16.6 Å². The van der Waals surface area contributed by atoms with Crippen molar-refractivity contribution in [3.63, 3.8) is 0 Å². The van der Waals surface area contributed by atoms with Gasteiger partial charge in [0.2, 0.25) is 10.0 Å². The number of aromatic nitrogens is 1. The SMILES string of the molecule is CN(C1CNC1)S(=O)(=O)c1cccnc1C#N. The largest absolute Gasteiger partial charge is 0.313 e. The maximum absolute atomic E-state index is 12.3. The molecule has 90 valence electrons. The van der Waals surface area contributed by atoms with Gasteiger partial charge in [-0.25, -0.2) is 13.4 Å². The fourth-order valence-electron chi connectivity index (χ4n) is 1.56. The Labute approximate surface area is 99.9 Å². The summed E-state index contributed by atoms with van der Waals surface area (Å²) in [5, 5.41) is 11.9. The van der Waals surface area contributed by atoms with Crippen LogP contribution in [0.1, 0.15) is 5.69 Å². The first-order valence-corrected chi connectivity index (χ1v) is 6.55. The lowest BCUT2D eigenvalue weighted by atomic mass is 10.2. The zero-order valence-electron chi connectivity index (χ0n) is 9.29. The summed E-state index contributed by atoms with van der Waals surface area (Å²) >= 11 is 0. The van der Waals surface area contributed by atoms with E-state index in [1.807, 2.05) is 0 Å². The summed E-state index contributed by atoms with van der Waals surface area (Å²) in [4.78, 5) is 3.74. The van der Waals surface area contributed by atoms with Crippen molar-refractivity contribution in [2.75, 3.05) is 20.1 Å². The second-order valence-electron chi connectivity index (χ2n) is 3.80. The van der Waals surface area contributed by atoms with Gasteiger partial charge in [-0.15, -0.1) is 0 Å². The fraction of sp³-hybridized carbons (Fsp3) is 0.400. The van der Waals surface area contributed by atoms with E-state index in [2.05, 4.69) is 10.3 Å². The molecule has 2 rings (SSSR count). The van der Waals surface area contributed by atoms with Crippen LogP contribution in [0.25, 0.3) is 0 Å². The third-order valence-corrected chi connectivity index (χ3v) is 4.75. The third-order valence-electron chi connectivity index (χ3n) is 2.81. The van der Waals surface area contributed by atoms with Gasteiger partial charge in [0.05, 0.1) is 0 Å². The second kappa shape index (κ2) is 4.41. The molecule has 0 amide bonds. The molecule has 0 aliphatic carbocycles. The van der Waals surface area contributed by atoms with Crippen LogP contribution in [0, 0.1) is 11.3 Å². The van der Waals surface area contributed by atoms with E-state index in [1.165, 1.54) is 29.7 Å². The van der Waals surface area contributed by atoms with Gasteiger partial charge in [-0.05, 0) is 12.1 Å². The topological polar surface area (TPSA) is 86.1 Å². The molecule has 2 heterocycles. The van der Waals surface area contributed by atoms with Gasteiger partial charge in [0, 0.05) is 32.4 Å². The molecule has 0 aromatic carbocycles. The van der Waals surface area contributed by atoms with Crippen molar-refractivity contribution in [2.24, 2.45) is 0 Å². The molecule has 1 aromatic rings. The highest BCUT2D eigenvalue weighted by Gasteiger charge is 2.33. The Morgan fingerprint density at radius 1 is 1.59 bits per heavy atom. The van der Waals surface area contributed by atoms with E-state index < -0.39 is 10.0 Å². The van der Waals surface area contributed by atoms with Gasteiger partial charge >= 0.3 is 0 Å². The van der Waals surface area contributed by atoms with Crippen LogP contribution in [0.15, 0.2) is 23.2 Å². The van der Waals surface area contributed by atoms with Crippen LogP contribution in [-0.2, 0) is 10.0 Å². The first kappa shape index (κ1) is 12.0. The molecule has 0 atom stereocenters. The molecule has 1 fully saturated rings. The molecule has 0 radical (unpaired) electrons. The molecule has 0 unspecified atom stereocenters. The molecule has 1 N–H and O–H groups in total. The van der Waals surface area contributed by atoms with Crippen molar-refractivity contribution in [3.05, 3.63) is 24.0 Å². The van der Waals surface area contributed by atoms with Gasteiger partial charge in [0.25, 0.3) is 0 Å². The van der Waals surface area contributed by atoms with E-state index >= 15 is 0 Å². The Hall–Kier alpha value is -1.49. The highest BCUT2D eigenvalue weighted by Crippen LogP contribution is 2.19. The average Bonchev–Trinajstić information content (AvgIpc) is 2.26. The Bertz CT molecular complexity index is 560. The molecule has 0 saturated carbocycles. The fourth-order valence-corrected chi connectivity index (χ4v) is 3.01. The number of nitrogens with zero attached hydrogens (tertiary/aromatic N) is 3. The predicted octanol–water partition coefficient (Wildman–Crippen LogP) is -0.454. The molecule has 17 heavy (non-hydrogen) atoms. The van der Waals surface area contributed by atoms with Gasteiger partial charge in [-0.2, -0.15) is 9.57 Å². The molecule has 1 aromatic heterocycles. The maximum atomic E-state index is 12.3. The molecule has 1 aliphatic rings. The first-order chi connectivity index (χ1) is 8.07. The van der Waals surface area contributed by atoms with Crippen LogP contribution in [-0.4, -0.2) is 43.9 Å². The summed E-state index contributed by atoms with van der Waals surface area (Å²) < 4.78 is 25.8. The molecule has 1 saturated heterocycles. The minimum absolute atomic E-state index is 0.0306. The summed E-state index contributed by atoms with van der Waals surface area (Å²) in [6, 6.07) is 4.67. The summed E-state index contributed by atoms with van der Waals surface area (Å²) in [5.74, 6) is 0. The van der Waals surface area contributed by atoms with Crippen LogP contribution >= 0.6 is 0 Å². The number of hydrogen-bond acceptors (Lipinski definition) is 5. The van der Waals surface area contributed by atoms with Gasteiger partial charge in [-0.1, -0.05) is 0 Å². The lowest BCUT2D eigenvalue weighted by Crippen LogP contribution is -2.57. The molecule has 0 spiro atoms. The standard InChI is InChI=1S/C10H12N4O2S/c1-14(8-6-12-7-8)17(15,16)10-3-2-4-13-9(10)5-11/h2-4,8,12H,6-7H2,1H3. The van der Waals surface area contributed by atoms with Crippen molar-refractivity contribution >= 4 is 10.0 Å². The van der Waals surface area contributed by atoms with E-state index in [0.717, 1.165) is 0 Å². The second-order valence-corrected chi connectivity index (χ2v) is 5.76. The number of sulfonamides is 1. The van der Waals surface area contributed by atoms with Crippen molar-refractivity contribution in [2.45, 2.75) is 10.9 Å². The molecule has 7 heteroatoms. The normalized spacial score (nSPS) is 16.5. The molecular weight excluding hydrogens is 240 g/mol.